The van der Waals surface area contributed by atoms with Gasteiger partial charge in [0.1, 0.15) is 5.75 Å². The molecule has 0 aromatic heterocycles. The summed E-state index contributed by atoms with van der Waals surface area (Å²) in [5.41, 5.74) is 0.675. The van der Waals surface area contributed by atoms with E-state index in [1.165, 1.54) is 0 Å². The monoisotopic (exact) mass is 291 g/mol. The van der Waals surface area contributed by atoms with Crippen LogP contribution in [-0.4, -0.2) is 38.1 Å². The van der Waals surface area contributed by atoms with Crippen LogP contribution in [0.2, 0.25) is 0 Å². The highest BCUT2D eigenvalue weighted by atomic mass is 16.5. The molecule has 0 saturated carbocycles. The minimum atomic E-state index is -0.199. The molecule has 1 aromatic rings. The maximum absolute atomic E-state index is 12.2. The first-order valence-electron chi connectivity index (χ1n) is 7.08. The molecule has 0 radical (unpaired) electrons. The topological polar surface area (TPSA) is 79.5 Å². The van der Waals surface area contributed by atoms with Crippen molar-refractivity contribution in [2.24, 2.45) is 5.92 Å². The summed E-state index contributed by atoms with van der Waals surface area (Å²) in [4.78, 5) is 23.3. The van der Waals surface area contributed by atoms with E-state index in [4.69, 9.17) is 4.74 Å². The zero-order chi connectivity index (χ0) is 15.2. The predicted octanol–water partition coefficient (Wildman–Crippen LogP) is 0.748. The van der Waals surface area contributed by atoms with E-state index in [0.717, 1.165) is 13.0 Å². The van der Waals surface area contributed by atoms with Crippen LogP contribution in [0, 0.1) is 5.92 Å². The summed E-state index contributed by atoms with van der Waals surface area (Å²) in [5.74, 6) is 0.348. The molecule has 0 bridgehead atoms. The van der Waals surface area contributed by atoms with Crippen LogP contribution >= 0.6 is 0 Å². The van der Waals surface area contributed by atoms with Crippen molar-refractivity contribution in [3.63, 3.8) is 0 Å². The number of rotatable bonds is 5. The number of benzene rings is 1. The number of ether oxygens (including phenoxy) is 1. The van der Waals surface area contributed by atoms with Crippen LogP contribution in [0.1, 0.15) is 13.3 Å². The first kappa shape index (κ1) is 15.3. The van der Waals surface area contributed by atoms with Crippen molar-refractivity contribution in [2.75, 3.05) is 25.5 Å². The van der Waals surface area contributed by atoms with E-state index >= 15 is 0 Å². The second-order valence-corrected chi connectivity index (χ2v) is 5.12. The minimum absolute atomic E-state index is 0.0101. The van der Waals surface area contributed by atoms with Gasteiger partial charge in [0.25, 0.3) is 5.91 Å². The van der Waals surface area contributed by atoms with E-state index in [-0.39, 0.29) is 30.4 Å². The number of carbonyl (C=O) groups is 2. The third kappa shape index (κ3) is 4.19. The lowest BCUT2D eigenvalue weighted by atomic mass is 10.0. The fourth-order valence-electron chi connectivity index (χ4n) is 2.34. The third-order valence-corrected chi connectivity index (χ3v) is 3.61. The second kappa shape index (κ2) is 7.08. The maximum Gasteiger partial charge on any atom is 0.257 e. The minimum Gasteiger partial charge on any atom is -0.484 e. The van der Waals surface area contributed by atoms with Crippen LogP contribution in [0.15, 0.2) is 24.3 Å². The molecule has 1 fully saturated rings. The summed E-state index contributed by atoms with van der Waals surface area (Å²) >= 11 is 0. The van der Waals surface area contributed by atoms with Crippen LogP contribution < -0.4 is 20.7 Å². The highest BCUT2D eigenvalue weighted by Gasteiger charge is 2.29. The highest BCUT2D eigenvalue weighted by Crippen LogP contribution is 2.21. The molecule has 2 unspecified atom stereocenters. The molecule has 6 heteroatoms. The van der Waals surface area contributed by atoms with Gasteiger partial charge >= 0.3 is 0 Å². The number of likely N-dealkylation sites (N-methyl/N-ethyl adjacent to an activating group) is 1. The SMILES string of the molecule is CNC(=O)COc1cccc(NC(=O)C2CCNC2C)c1. The first-order chi connectivity index (χ1) is 10.1. The quantitative estimate of drug-likeness (QED) is 0.748. The molecule has 2 atom stereocenters. The van der Waals surface area contributed by atoms with E-state index in [2.05, 4.69) is 16.0 Å². The Hall–Kier alpha value is -2.08. The molecular weight excluding hydrogens is 270 g/mol. The molecular formula is C15H21N3O3. The smallest absolute Gasteiger partial charge is 0.257 e. The van der Waals surface area contributed by atoms with Crippen LogP contribution in [-0.2, 0) is 9.59 Å². The average molecular weight is 291 g/mol. The van der Waals surface area contributed by atoms with Crippen LogP contribution in [0.25, 0.3) is 0 Å². The van der Waals surface area contributed by atoms with Crippen molar-refractivity contribution in [1.82, 2.24) is 10.6 Å². The van der Waals surface area contributed by atoms with Crippen molar-refractivity contribution in [3.8, 4) is 5.75 Å². The molecule has 21 heavy (non-hydrogen) atoms. The molecule has 2 rings (SSSR count). The zero-order valence-corrected chi connectivity index (χ0v) is 12.3. The van der Waals surface area contributed by atoms with Gasteiger partial charge in [-0.15, -0.1) is 0 Å². The normalized spacial score (nSPS) is 20.9. The molecule has 1 heterocycles. The van der Waals surface area contributed by atoms with Crippen molar-refractivity contribution in [1.29, 1.82) is 0 Å². The number of hydrogen-bond donors (Lipinski definition) is 3. The fraction of sp³-hybridized carbons (Fsp3) is 0.467. The van der Waals surface area contributed by atoms with Gasteiger partial charge in [0.05, 0.1) is 5.92 Å². The Morgan fingerprint density at radius 2 is 2.24 bits per heavy atom. The molecule has 1 aliphatic rings. The summed E-state index contributed by atoms with van der Waals surface area (Å²) in [6.45, 7) is 2.84. The average Bonchev–Trinajstić information content (AvgIpc) is 2.91. The Kier molecular flexibility index (Phi) is 5.16. The molecule has 1 aliphatic heterocycles. The molecule has 114 valence electrons. The molecule has 3 N–H and O–H groups in total. The molecule has 1 saturated heterocycles. The molecule has 6 nitrogen and oxygen atoms in total. The third-order valence-electron chi connectivity index (χ3n) is 3.61. The Morgan fingerprint density at radius 3 is 2.90 bits per heavy atom. The lowest BCUT2D eigenvalue weighted by Crippen LogP contribution is -2.32. The molecule has 0 spiro atoms. The van der Waals surface area contributed by atoms with Gasteiger partial charge in [-0.05, 0) is 32.0 Å². The van der Waals surface area contributed by atoms with E-state index < -0.39 is 0 Å². The van der Waals surface area contributed by atoms with Gasteiger partial charge in [0, 0.05) is 24.8 Å². The van der Waals surface area contributed by atoms with Gasteiger partial charge in [-0.25, -0.2) is 0 Å². The van der Waals surface area contributed by atoms with Gasteiger partial charge in [0.2, 0.25) is 5.91 Å². The lowest BCUT2D eigenvalue weighted by molar-refractivity contribution is -0.122. The Balaban J connectivity index is 1.94. The summed E-state index contributed by atoms with van der Waals surface area (Å²) in [7, 11) is 1.55. The van der Waals surface area contributed by atoms with Crippen LogP contribution in [0.3, 0.4) is 0 Å². The van der Waals surface area contributed by atoms with Crippen molar-refractivity contribution < 1.29 is 14.3 Å². The van der Waals surface area contributed by atoms with Crippen molar-refractivity contribution in [2.45, 2.75) is 19.4 Å². The number of hydrogen-bond acceptors (Lipinski definition) is 4. The largest absolute Gasteiger partial charge is 0.484 e. The Bertz CT molecular complexity index is 519. The Morgan fingerprint density at radius 1 is 1.43 bits per heavy atom. The van der Waals surface area contributed by atoms with E-state index in [9.17, 15) is 9.59 Å². The summed E-state index contributed by atoms with van der Waals surface area (Å²) in [6, 6.07) is 7.24. The fourth-order valence-corrected chi connectivity index (χ4v) is 2.34. The summed E-state index contributed by atoms with van der Waals surface area (Å²) < 4.78 is 5.35. The van der Waals surface area contributed by atoms with Gasteiger partial charge in [-0.1, -0.05) is 6.07 Å². The number of carbonyl (C=O) groups excluding carboxylic acids is 2. The number of amides is 2. The van der Waals surface area contributed by atoms with Gasteiger partial charge in [-0.2, -0.15) is 0 Å². The summed E-state index contributed by atoms with van der Waals surface area (Å²) in [6.07, 6.45) is 0.847. The standard InChI is InChI=1S/C15H21N3O3/c1-10-13(6-7-17-10)15(20)18-11-4-3-5-12(8-11)21-9-14(19)16-2/h3-5,8,10,13,17H,6-7,9H2,1-2H3,(H,16,19)(H,18,20). The zero-order valence-electron chi connectivity index (χ0n) is 12.3. The first-order valence-corrected chi connectivity index (χ1v) is 7.08. The second-order valence-electron chi connectivity index (χ2n) is 5.12. The van der Waals surface area contributed by atoms with E-state index in [1.807, 2.05) is 6.92 Å². The van der Waals surface area contributed by atoms with E-state index in [0.29, 0.717) is 11.4 Å². The number of nitrogens with one attached hydrogen (secondary N) is 3. The van der Waals surface area contributed by atoms with Crippen molar-refractivity contribution >= 4 is 17.5 Å². The van der Waals surface area contributed by atoms with Gasteiger partial charge in [0.15, 0.2) is 6.61 Å². The highest BCUT2D eigenvalue weighted by molar-refractivity contribution is 5.93. The predicted molar refractivity (Wildman–Crippen MR) is 80.2 cm³/mol. The lowest BCUT2D eigenvalue weighted by Gasteiger charge is -2.15. The van der Waals surface area contributed by atoms with Crippen LogP contribution in [0.5, 0.6) is 5.75 Å². The van der Waals surface area contributed by atoms with Gasteiger partial charge in [-0.3, -0.25) is 9.59 Å². The molecule has 0 aliphatic carbocycles. The van der Waals surface area contributed by atoms with Crippen LogP contribution in [0.4, 0.5) is 5.69 Å². The molecule has 1 aromatic carbocycles. The van der Waals surface area contributed by atoms with E-state index in [1.54, 1.807) is 31.3 Å². The van der Waals surface area contributed by atoms with Gasteiger partial charge < -0.3 is 20.7 Å². The Labute approximate surface area is 124 Å². The molecule has 2 amide bonds. The van der Waals surface area contributed by atoms with Crippen molar-refractivity contribution in [3.05, 3.63) is 24.3 Å². The summed E-state index contributed by atoms with van der Waals surface area (Å²) in [5, 5.41) is 8.64. The number of anilines is 1. The maximum atomic E-state index is 12.2.